The molecule has 0 saturated carbocycles. The lowest BCUT2D eigenvalue weighted by molar-refractivity contribution is -0.145. The molecule has 9 heteroatoms. The minimum absolute atomic E-state index is 0.0752. The van der Waals surface area contributed by atoms with Gasteiger partial charge in [-0.3, -0.25) is 9.59 Å². The first-order valence-electron chi connectivity index (χ1n) is 4.75. The maximum Gasteiger partial charge on any atom is 0.323 e. The Balaban J connectivity index is 3.60. The van der Waals surface area contributed by atoms with E-state index in [1.54, 1.807) is 0 Å². The Kier molecular flexibility index (Phi) is 9.27. The highest BCUT2D eigenvalue weighted by atomic mass is 33.1. The van der Waals surface area contributed by atoms with Crippen LogP contribution in [0.15, 0.2) is 0 Å². The summed E-state index contributed by atoms with van der Waals surface area (Å²) in [6.07, 6.45) is 0. The van der Waals surface area contributed by atoms with Gasteiger partial charge in [0.1, 0.15) is 18.7 Å². The van der Waals surface area contributed by atoms with Crippen molar-refractivity contribution in [2.75, 3.05) is 24.7 Å². The number of esters is 1. The second kappa shape index (κ2) is 9.54. The van der Waals surface area contributed by atoms with E-state index >= 15 is 0 Å². The molecule has 6 N–H and O–H groups in total. The highest BCUT2D eigenvalue weighted by molar-refractivity contribution is 8.76. The Morgan fingerprint density at radius 2 is 1.71 bits per heavy atom. The third-order valence-corrected chi connectivity index (χ3v) is 4.01. The summed E-state index contributed by atoms with van der Waals surface area (Å²) in [6.45, 7) is -0.317. The zero-order valence-corrected chi connectivity index (χ0v) is 10.7. The summed E-state index contributed by atoms with van der Waals surface area (Å²) in [6, 6.07) is -1.72. The van der Waals surface area contributed by atoms with E-state index in [4.69, 9.17) is 21.7 Å². The second-order valence-electron chi connectivity index (χ2n) is 3.01. The molecular formula is C8H16N2O5S2. The summed E-state index contributed by atoms with van der Waals surface area (Å²) >= 11 is 0. The van der Waals surface area contributed by atoms with Crippen molar-refractivity contribution in [3.8, 4) is 0 Å². The quantitative estimate of drug-likeness (QED) is 0.230. The fourth-order valence-corrected chi connectivity index (χ4v) is 2.86. The predicted octanol–water partition coefficient (Wildman–Crippen LogP) is -1.36. The highest BCUT2D eigenvalue weighted by Crippen LogP contribution is 2.22. The molecule has 7 nitrogen and oxygen atoms in total. The molecule has 0 aromatic carbocycles. The van der Waals surface area contributed by atoms with Crippen molar-refractivity contribution in [3.63, 3.8) is 0 Å². The van der Waals surface area contributed by atoms with Crippen molar-refractivity contribution in [2.45, 2.75) is 12.1 Å². The number of aliphatic hydroxyl groups is 1. The predicted molar refractivity (Wildman–Crippen MR) is 66.5 cm³/mol. The number of carbonyl (C=O) groups excluding carboxylic acids is 1. The fourth-order valence-electron chi connectivity index (χ4n) is 0.635. The number of aliphatic carboxylic acids is 1. The number of aliphatic hydroxyl groups excluding tert-OH is 1. The van der Waals surface area contributed by atoms with Crippen LogP contribution < -0.4 is 11.5 Å². The molecule has 0 spiro atoms. The topological polar surface area (TPSA) is 136 Å². The SMILES string of the molecule is NC(CSSCC(N)C(=O)OCCO)C(=O)O. The lowest BCUT2D eigenvalue weighted by Gasteiger charge is -2.10. The molecule has 0 fully saturated rings. The van der Waals surface area contributed by atoms with Gasteiger partial charge < -0.3 is 26.4 Å². The van der Waals surface area contributed by atoms with Gasteiger partial charge in [0.15, 0.2) is 0 Å². The van der Waals surface area contributed by atoms with Crippen molar-refractivity contribution >= 4 is 33.5 Å². The molecule has 0 aliphatic heterocycles. The molecule has 0 saturated heterocycles. The van der Waals surface area contributed by atoms with E-state index in [-0.39, 0.29) is 19.0 Å². The van der Waals surface area contributed by atoms with Crippen molar-refractivity contribution in [2.24, 2.45) is 11.5 Å². The third kappa shape index (κ3) is 8.27. The lowest BCUT2D eigenvalue weighted by Crippen LogP contribution is -2.35. The molecule has 0 radical (unpaired) electrons. The van der Waals surface area contributed by atoms with Crippen LogP contribution in [0.4, 0.5) is 0 Å². The number of nitrogens with two attached hydrogens (primary N) is 2. The zero-order chi connectivity index (χ0) is 13.3. The van der Waals surface area contributed by atoms with Crippen LogP contribution in [0.1, 0.15) is 0 Å². The number of carboxylic acid groups (broad SMARTS) is 1. The third-order valence-electron chi connectivity index (χ3n) is 1.53. The van der Waals surface area contributed by atoms with E-state index < -0.39 is 24.0 Å². The Labute approximate surface area is 107 Å². The van der Waals surface area contributed by atoms with Crippen LogP contribution in [0.25, 0.3) is 0 Å². The smallest absolute Gasteiger partial charge is 0.323 e. The summed E-state index contributed by atoms with van der Waals surface area (Å²) in [7, 11) is 2.49. The lowest BCUT2D eigenvalue weighted by atomic mass is 10.4. The van der Waals surface area contributed by atoms with Crippen LogP contribution in [-0.4, -0.2) is 59.0 Å². The van der Waals surface area contributed by atoms with Gasteiger partial charge in [-0.1, -0.05) is 21.6 Å². The van der Waals surface area contributed by atoms with Crippen LogP contribution in [0.3, 0.4) is 0 Å². The number of carboxylic acids is 1. The van der Waals surface area contributed by atoms with Crippen LogP contribution in [0, 0.1) is 0 Å². The first-order valence-corrected chi connectivity index (χ1v) is 7.23. The van der Waals surface area contributed by atoms with E-state index in [1.165, 1.54) is 21.6 Å². The van der Waals surface area contributed by atoms with Crippen LogP contribution in [-0.2, 0) is 14.3 Å². The first kappa shape index (κ1) is 16.5. The molecule has 0 aliphatic carbocycles. The average molecular weight is 284 g/mol. The summed E-state index contributed by atoms with van der Waals surface area (Å²) in [5.74, 6) is -1.13. The minimum Gasteiger partial charge on any atom is -0.480 e. The van der Waals surface area contributed by atoms with Crippen molar-refractivity contribution < 1.29 is 24.5 Å². The van der Waals surface area contributed by atoms with Gasteiger partial charge in [0, 0.05) is 11.5 Å². The van der Waals surface area contributed by atoms with E-state index in [0.717, 1.165) is 0 Å². The van der Waals surface area contributed by atoms with Gasteiger partial charge in [-0.25, -0.2) is 0 Å². The zero-order valence-electron chi connectivity index (χ0n) is 9.07. The molecule has 0 aliphatic rings. The Morgan fingerprint density at radius 1 is 1.18 bits per heavy atom. The van der Waals surface area contributed by atoms with Crippen LogP contribution in [0.5, 0.6) is 0 Å². The Hall–Kier alpha value is -0.480. The number of hydrogen-bond acceptors (Lipinski definition) is 8. The molecular weight excluding hydrogens is 268 g/mol. The van der Waals surface area contributed by atoms with Gasteiger partial charge in [0.25, 0.3) is 0 Å². The van der Waals surface area contributed by atoms with E-state index in [2.05, 4.69) is 4.74 Å². The van der Waals surface area contributed by atoms with Gasteiger partial charge in [-0.05, 0) is 0 Å². The molecule has 0 aromatic heterocycles. The van der Waals surface area contributed by atoms with Gasteiger partial charge in [-0.2, -0.15) is 0 Å². The summed E-state index contributed by atoms with van der Waals surface area (Å²) in [5.41, 5.74) is 10.8. The van der Waals surface area contributed by atoms with E-state index in [9.17, 15) is 9.59 Å². The fraction of sp³-hybridized carbons (Fsp3) is 0.750. The van der Waals surface area contributed by atoms with Crippen molar-refractivity contribution in [3.05, 3.63) is 0 Å². The van der Waals surface area contributed by atoms with Crippen molar-refractivity contribution in [1.29, 1.82) is 0 Å². The van der Waals surface area contributed by atoms with Gasteiger partial charge >= 0.3 is 11.9 Å². The maximum atomic E-state index is 11.1. The molecule has 0 rings (SSSR count). The summed E-state index contributed by atoms with van der Waals surface area (Å²) in [5, 5.41) is 16.9. The van der Waals surface area contributed by atoms with E-state index in [1.807, 2.05) is 0 Å². The van der Waals surface area contributed by atoms with Gasteiger partial charge in [0.2, 0.25) is 0 Å². The van der Waals surface area contributed by atoms with Gasteiger partial charge in [-0.15, -0.1) is 0 Å². The molecule has 0 aromatic rings. The van der Waals surface area contributed by atoms with E-state index in [0.29, 0.717) is 5.75 Å². The number of carbonyl (C=O) groups is 2. The minimum atomic E-state index is -1.07. The number of ether oxygens (including phenoxy) is 1. The number of rotatable bonds is 9. The molecule has 100 valence electrons. The Bertz CT molecular complexity index is 254. The largest absolute Gasteiger partial charge is 0.480 e. The molecule has 17 heavy (non-hydrogen) atoms. The summed E-state index contributed by atoms with van der Waals surface area (Å²) in [4.78, 5) is 21.5. The Morgan fingerprint density at radius 3 is 2.18 bits per heavy atom. The molecule has 2 atom stereocenters. The monoisotopic (exact) mass is 284 g/mol. The second-order valence-corrected chi connectivity index (χ2v) is 5.56. The normalized spacial score (nSPS) is 14.1. The first-order chi connectivity index (χ1) is 7.99. The maximum absolute atomic E-state index is 11.1. The standard InChI is InChI=1S/C8H16N2O5S2/c9-5(7(12)13)3-16-17-4-6(10)8(14)15-2-1-11/h5-6,11H,1-4,9-10H2,(H,12,13). The highest BCUT2D eigenvalue weighted by Gasteiger charge is 2.16. The van der Waals surface area contributed by atoms with Crippen LogP contribution >= 0.6 is 21.6 Å². The molecule has 0 bridgehead atoms. The molecule has 0 heterocycles. The van der Waals surface area contributed by atoms with Gasteiger partial charge in [0.05, 0.1) is 6.61 Å². The number of hydrogen-bond donors (Lipinski definition) is 4. The summed E-state index contributed by atoms with van der Waals surface area (Å²) < 4.78 is 4.61. The average Bonchev–Trinajstić information content (AvgIpc) is 2.30. The molecule has 0 amide bonds. The van der Waals surface area contributed by atoms with Crippen molar-refractivity contribution in [1.82, 2.24) is 0 Å². The van der Waals surface area contributed by atoms with Crippen LogP contribution in [0.2, 0.25) is 0 Å². The molecule has 2 unspecified atom stereocenters.